The van der Waals surface area contributed by atoms with Gasteiger partial charge in [0.25, 0.3) is 0 Å². The van der Waals surface area contributed by atoms with Gasteiger partial charge in [0.15, 0.2) is 8.07 Å². The highest BCUT2D eigenvalue weighted by atomic mass is 35.5. The fraction of sp³-hybridized carbons (Fsp3) is 0.111. The number of benzene rings is 6. The molecular formula is C45H37Cl3Si. The van der Waals surface area contributed by atoms with E-state index in [2.05, 4.69) is 161 Å². The van der Waals surface area contributed by atoms with Gasteiger partial charge in [0.05, 0.1) is 0 Å². The van der Waals surface area contributed by atoms with Crippen molar-refractivity contribution in [3.8, 4) is 33.4 Å². The quantitative estimate of drug-likeness (QED) is 0.114. The Morgan fingerprint density at radius 3 is 1.04 bits per heavy atom. The third kappa shape index (κ3) is 5.94. The number of hydrogen-bond donors (Lipinski definition) is 0. The van der Waals surface area contributed by atoms with Crippen LogP contribution in [0.1, 0.15) is 27.7 Å². The minimum absolute atomic E-state index is 0.406. The SMILES string of the molecule is CC1=CC(C)([Si](c2cc(Cl)cc(-c3ccccc3)c2)(c2cc(Cl)cc(-c3ccccc3)c2)c2cc(Cl)cc(-c3ccccc3)c2)C(C)=C1C. The molecule has 49 heavy (non-hydrogen) atoms. The van der Waals surface area contributed by atoms with Crippen molar-refractivity contribution in [3.05, 3.63) is 183 Å². The normalized spacial score (nSPS) is 16.2. The van der Waals surface area contributed by atoms with Gasteiger partial charge in [0.2, 0.25) is 0 Å². The van der Waals surface area contributed by atoms with Gasteiger partial charge in [-0.05, 0) is 112 Å². The summed E-state index contributed by atoms with van der Waals surface area (Å²) in [5.74, 6) is 0. The molecule has 0 bridgehead atoms. The standard InChI is InChI=1S/C45H37Cl3Si/c1-30-29-45(4,32(3)31(30)2)49(42-23-36(20-39(46)26-42)33-14-8-5-9-15-33,43-24-37(21-40(47)27-43)34-16-10-6-11-17-34)44-25-38(22-41(48)28-44)35-18-12-7-13-19-35/h5-29H,1-4H3. The number of allylic oxidation sites excluding steroid dienone is 4. The molecule has 0 nitrogen and oxygen atoms in total. The first kappa shape index (κ1) is 33.4. The van der Waals surface area contributed by atoms with Gasteiger partial charge in [-0.25, -0.2) is 0 Å². The van der Waals surface area contributed by atoms with Crippen molar-refractivity contribution >= 4 is 58.4 Å². The molecule has 0 saturated heterocycles. The molecule has 7 rings (SSSR count). The second kappa shape index (κ2) is 13.3. The first-order chi connectivity index (χ1) is 23.6. The van der Waals surface area contributed by atoms with Gasteiger partial charge < -0.3 is 0 Å². The van der Waals surface area contributed by atoms with Gasteiger partial charge in [0, 0.05) is 20.1 Å². The summed E-state index contributed by atoms with van der Waals surface area (Å²) in [6.45, 7) is 9.21. The van der Waals surface area contributed by atoms with E-state index in [1.54, 1.807) is 0 Å². The first-order valence-corrected chi connectivity index (χ1v) is 19.7. The molecular weight excluding hydrogens is 675 g/mol. The predicted octanol–water partition coefficient (Wildman–Crippen LogP) is 12.2. The Hall–Kier alpha value is -4.11. The Bertz CT molecular complexity index is 2020. The Balaban J connectivity index is 1.68. The Morgan fingerprint density at radius 2 is 0.755 bits per heavy atom. The summed E-state index contributed by atoms with van der Waals surface area (Å²) in [5.41, 5.74) is 10.6. The lowest BCUT2D eigenvalue weighted by molar-refractivity contribution is 0.870. The van der Waals surface area contributed by atoms with Gasteiger partial charge in [-0.1, -0.05) is 168 Å². The van der Waals surface area contributed by atoms with E-state index in [1.807, 2.05) is 18.2 Å². The van der Waals surface area contributed by atoms with Gasteiger partial charge in [-0.3, -0.25) is 0 Å². The van der Waals surface area contributed by atoms with Gasteiger partial charge in [0.1, 0.15) is 0 Å². The summed E-state index contributed by atoms with van der Waals surface area (Å²) in [6.07, 6.45) is 2.50. The molecule has 0 aromatic heterocycles. The number of rotatable bonds is 7. The molecule has 6 aromatic carbocycles. The van der Waals surface area contributed by atoms with Crippen molar-refractivity contribution in [3.63, 3.8) is 0 Å². The molecule has 1 atom stereocenters. The summed E-state index contributed by atoms with van der Waals surface area (Å²) in [4.78, 5) is 0. The fourth-order valence-electron chi connectivity index (χ4n) is 7.93. The average Bonchev–Trinajstić information content (AvgIpc) is 3.31. The third-order valence-corrected chi connectivity index (χ3v) is 16.7. The maximum Gasteiger partial charge on any atom is 0.162 e. The van der Waals surface area contributed by atoms with E-state index >= 15 is 0 Å². The summed E-state index contributed by atoms with van der Waals surface area (Å²) >= 11 is 21.6. The Morgan fingerprint density at radius 1 is 0.429 bits per heavy atom. The average molecular weight is 712 g/mol. The van der Waals surface area contributed by atoms with E-state index in [4.69, 9.17) is 34.8 Å². The molecule has 242 valence electrons. The van der Waals surface area contributed by atoms with Crippen LogP contribution in [0, 0.1) is 0 Å². The summed E-state index contributed by atoms with van der Waals surface area (Å²) in [7, 11) is -3.24. The minimum Gasteiger partial charge on any atom is -0.0843 e. The van der Waals surface area contributed by atoms with Crippen molar-refractivity contribution in [2.45, 2.75) is 32.7 Å². The fourth-order valence-corrected chi connectivity index (χ4v) is 15.1. The highest BCUT2D eigenvalue weighted by Gasteiger charge is 2.56. The lowest BCUT2D eigenvalue weighted by Gasteiger charge is -2.47. The van der Waals surface area contributed by atoms with Crippen LogP contribution >= 0.6 is 34.8 Å². The molecule has 1 unspecified atom stereocenters. The van der Waals surface area contributed by atoms with Crippen molar-refractivity contribution in [1.29, 1.82) is 0 Å². The minimum atomic E-state index is -3.24. The summed E-state index contributed by atoms with van der Waals surface area (Å²) in [5, 5.41) is 5.28. The van der Waals surface area contributed by atoms with Crippen LogP contribution in [0.25, 0.3) is 33.4 Å². The van der Waals surface area contributed by atoms with Crippen molar-refractivity contribution in [1.82, 2.24) is 0 Å². The van der Waals surface area contributed by atoms with Crippen molar-refractivity contribution in [2.24, 2.45) is 0 Å². The van der Waals surface area contributed by atoms with Crippen LogP contribution in [0.2, 0.25) is 20.1 Å². The predicted molar refractivity (Wildman–Crippen MR) is 216 cm³/mol. The van der Waals surface area contributed by atoms with E-state index in [0.717, 1.165) is 33.4 Å². The molecule has 0 heterocycles. The van der Waals surface area contributed by atoms with E-state index in [-0.39, 0.29) is 0 Å². The monoisotopic (exact) mass is 710 g/mol. The molecule has 0 aliphatic heterocycles. The first-order valence-electron chi connectivity index (χ1n) is 16.6. The van der Waals surface area contributed by atoms with Crippen LogP contribution in [0.15, 0.2) is 168 Å². The van der Waals surface area contributed by atoms with Crippen molar-refractivity contribution in [2.75, 3.05) is 0 Å². The number of halogens is 3. The molecule has 4 heteroatoms. The lowest BCUT2D eigenvalue weighted by atomic mass is 10.0. The number of hydrogen-bond acceptors (Lipinski definition) is 0. The van der Waals surface area contributed by atoms with Crippen molar-refractivity contribution < 1.29 is 0 Å². The van der Waals surface area contributed by atoms with Crippen LogP contribution in [-0.2, 0) is 0 Å². The molecule has 0 fully saturated rings. The largest absolute Gasteiger partial charge is 0.162 e. The van der Waals surface area contributed by atoms with Gasteiger partial charge in [-0.15, -0.1) is 0 Å². The van der Waals surface area contributed by atoms with Gasteiger partial charge in [-0.2, -0.15) is 0 Å². The summed E-state index contributed by atoms with van der Waals surface area (Å²) < 4.78 is 0. The van der Waals surface area contributed by atoms with Gasteiger partial charge >= 0.3 is 0 Å². The van der Waals surface area contributed by atoms with E-state index in [0.29, 0.717) is 15.1 Å². The molecule has 0 N–H and O–H groups in total. The molecule has 1 aliphatic carbocycles. The second-order valence-corrected chi connectivity index (χ2v) is 18.9. The molecule has 0 saturated carbocycles. The van der Waals surface area contributed by atoms with E-state index in [1.165, 1.54) is 32.3 Å². The van der Waals surface area contributed by atoms with Crippen LogP contribution in [-0.4, -0.2) is 8.07 Å². The lowest BCUT2D eigenvalue weighted by Crippen LogP contribution is -2.73. The highest BCUT2D eigenvalue weighted by Crippen LogP contribution is 2.53. The van der Waals surface area contributed by atoms with Crippen LogP contribution in [0.4, 0.5) is 0 Å². The maximum atomic E-state index is 7.19. The van der Waals surface area contributed by atoms with Crippen LogP contribution in [0.5, 0.6) is 0 Å². The zero-order valence-electron chi connectivity index (χ0n) is 28.1. The molecule has 1 aliphatic rings. The maximum absolute atomic E-state index is 7.19. The Kier molecular flexibility index (Phi) is 9.07. The Labute approximate surface area is 306 Å². The second-order valence-electron chi connectivity index (χ2n) is 13.3. The van der Waals surface area contributed by atoms with E-state index in [9.17, 15) is 0 Å². The molecule has 0 amide bonds. The molecule has 6 aromatic rings. The topological polar surface area (TPSA) is 0 Å². The van der Waals surface area contributed by atoms with E-state index < -0.39 is 13.1 Å². The van der Waals surface area contributed by atoms with Crippen LogP contribution in [0.3, 0.4) is 0 Å². The molecule has 0 spiro atoms. The smallest absolute Gasteiger partial charge is 0.0843 e. The zero-order chi connectivity index (χ0) is 34.3. The summed E-state index contributed by atoms with van der Waals surface area (Å²) in [6, 6.07) is 51.4. The third-order valence-electron chi connectivity index (χ3n) is 10.5. The van der Waals surface area contributed by atoms with Crippen LogP contribution < -0.4 is 15.6 Å². The highest BCUT2D eigenvalue weighted by molar-refractivity contribution is 7.14. The molecule has 0 radical (unpaired) electrons. The zero-order valence-corrected chi connectivity index (χ0v) is 31.3.